The SMILES string of the molecule is CCCCCC/C=C\C=C/CCCCCCCC(=O)O[C@H](COC(=O)CCCCCCCCCCCCC)COP(=O)(O)OC[C@@H](O)COP(=O)(O)OC[C@@H](COC(=O)CCCCCCCCCCC)OC(=O)CCCCCCCCC(C)CC. The fourth-order valence-corrected chi connectivity index (χ4v) is 10.9. The van der Waals surface area contributed by atoms with Crippen LogP contribution in [0.5, 0.6) is 0 Å². The average molecular weight is 1250 g/mol. The Morgan fingerprint density at radius 3 is 1.00 bits per heavy atom. The highest BCUT2D eigenvalue weighted by atomic mass is 31.2. The van der Waals surface area contributed by atoms with Crippen molar-refractivity contribution in [3.63, 3.8) is 0 Å². The predicted octanol–water partition coefficient (Wildman–Crippen LogP) is 18.1. The number of aliphatic hydroxyl groups is 1. The Morgan fingerprint density at radius 2 is 0.659 bits per heavy atom. The van der Waals surface area contributed by atoms with Crippen molar-refractivity contribution in [2.45, 2.75) is 329 Å². The highest BCUT2D eigenvalue weighted by Gasteiger charge is 2.30. The van der Waals surface area contributed by atoms with E-state index < -0.39 is 97.5 Å². The maximum absolute atomic E-state index is 13.0. The Morgan fingerprint density at radius 1 is 0.376 bits per heavy atom. The van der Waals surface area contributed by atoms with Gasteiger partial charge in [-0.3, -0.25) is 37.3 Å². The van der Waals surface area contributed by atoms with Gasteiger partial charge in [0.25, 0.3) is 0 Å². The van der Waals surface area contributed by atoms with Crippen LogP contribution in [-0.2, 0) is 65.4 Å². The van der Waals surface area contributed by atoms with Gasteiger partial charge in [0, 0.05) is 25.7 Å². The Kier molecular flexibility index (Phi) is 57.5. The quantitative estimate of drug-likeness (QED) is 0.0169. The summed E-state index contributed by atoms with van der Waals surface area (Å²) in [5, 5.41) is 10.5. The van der Waals surface area contributed by atoms with E-state index in [4.69, 9.17) is 37.0 Å². The van der Waals surface area contributed by atoms with Gasteiger partial charge in [-0.15, -0.1) is 0 Å². The smallest absolute Gasteiger partial charge is 0.462 e. The summed E-state index contributed by atoms with van der Waals surface area (Å²) in [5.41, 5.74) is 0. The maximum Gasteiger partial charge on any atom is 0.472 e. The lowest BCUT2D eigenvalue weighted by atomic mass is 10.00. The first-order chi connectivity index (χ1) is 41.1. The van der Waals surface area contributed by atoms with Crippen LogP contribution in [0.2, 0.25) is 0 Å². The molecule has 17 nitrogen and oxygen atoms in total. The molecule has 0 aliphatic rings. The molecular formula is C66H124O17P2. The zero-order valence-corrected chi connectivity index (χ0v) is 56.0. The van der Waals surface area contributed by atoms with E-state index >= 15 is 0 Å². The number of allylic oxidation sites excluding steroid dienone is 4. The molecule has 0 aliphatic heterocycles. The van der Waals surface area contributed by atoms with Crippen molar-refractivity contribution in [3.05, 3.63) is 24.3 Å². The van der Waals surface area contributed by atoms with Crippen molar-refractivity contribution < 1.29 is 80.2 Å². The van der Waals surface area contributed by atoms with Crippen molar-refractivity contribution >= 4 is 39.5 Å². The van der Waals surface area contributed by atoms with Gasteiger partial charge in [0.15, 0.2) is 12.2 Å². The minimum absolute atomic E-state index is 0.0851. The molecule has 3 N–H and O–H groups in total. The number of phosphoric ester groups is 2. The normalized spacial score (nSPS) is 14.7. The van der Waals surface area contributed by atoms with E-state index in [2.05, 4.69) is 58.9 Å². The van der Waals surface area contributed by atoms with Gasteiger partial charge < -0.3 is 33.8 Å². The second-order valence-electron chi connectivity index (χ2n) is 23.4. The zero-order chi connectivity index (χ0) is 62.8. The van der Waals surface area contributed by atoms with Crippen molar-refractivity contribution in [1.82, 2.24) is 0 Å². The van der Waals surface area contributed by atoms with E-state index in [1.807, 2.05) is 0 Å². The van der Waals surface area contributed by atoms with Gasteiger partial charge >= 0.3 is 39.5 Å². The number of hydrogen-bond acceptors (Lipinski definition) is 15. The molecule has 0 aliphatic carbocycles. The number of carbonyl (C=O) groups is 4. The van der Waals surface area contributed by atoms with Gasteiger partial charge in [-0.2, -0.15) is 0 Å². The number of hydrogen-bond donors (Lipinski definition) is 3. The molecule has 6 atom stereocenters. The van der Waals surface area contributed by atoms with E-state index in [1.54, 1.807) is 0 Å². The molecule has 0 spiro atoms. The number of aliphatic hydroxyl groups excluding tert-OH is 1. The first-order valence-electron chi connectivity index (χ1n) is 34.0. The third kappa shape index (κ3) is 59.0. The molecule has 0 aromatic rings. The lowest BCUT2D eigenvalue weighted by Gasteiger charge is -2.21. The summed E-state index contributed by atoms with van der Waals surface area (Å²) in [4.78, 5) is 72.2. The fourth-order valence-electron chi connectivity index (χ4n) is 9.36. The van der Waals surface area contributed by atoms with Crippen LogP contribution in [0.25, 0.3) is 0 Å². The highest BCUT2D eigenvalue weighted by Crippen LogP contribution is 2.45. The summed E-state index contributed by atoms with van der Waals surface area (Å²) in [6.45, 7) is 7.07. The molecule has 0 saturated carbocycles. The molecule has 0 aromatic carbocycles. The Labute approximate surface area is 516 Å². The van der Waals surface area contributed by atoms with Crippen molar-refractivity contribution in [3.8, 4) is 0 Å². The summed E-state index contributed by atoms with van der Waals surface area (Å²) in [5.74, 6) is -1.44. The standard InChI is InChI=1S/C66H124O17P2/c1-6-10-13-16-19-22-24-25-26-27-29-32-35-41-46-51-65(70)82-61(55-77-64(69)50-45-40-34-31-28-23-20-17-14-11-7-2)57-80-84(72,73)78-53-60(67)54-79-85(74,75)81-58-62(56-76-63(68)49-44-39-33-30-21-18-15-12-8-3)83-66(71)52-47-42-37-36-38-43-48-59(5)9-4/h22,24-26,59-62,67H,6-21,23,27-58H2,1-5H3,(H,72,73)(H,74,75)/b24-22-,26-25-/t59?,60-,61-,62-/m1/s1. The number of phosphoric acid groups is 2. The van der Waals surface area contributed by atoms with Gasteiger partial charge in [-0.25, -0.2) is 9.13 Å². The van der Waals surface area contributed by atoms with Crippen molar-refractivity contribution in [2.24, 2.45) is 5.92 Å². The first kappa shape index (κ1) is 82.5. The van der Waals surface area contributed by atoms with E-state index in [0.29, 0.717) is 25.7 Å². The van der Waals surface area contributed by atoms with E-state index in [-0.39, 0.29) is 25.7 Å². The Balaban J connectivity index is 5.27. The van der Waals surface area contributed by atoms with Crippen molar-refractivity contribution in [1.29, 1.82) is 0 Å². The van der Waals surface area contributed by atoms with Crippen LogP contribution in [0.3, 0.4) is 0 Å². The fraction of sp³-hybridized carbons (Fsp3) is 0.879. The van der Waals surface area contributed by atoms with Crippen LogP contribution in [0.15, 0.2) is 24.3 Å². The molecular weight excluding hydrogens is 1130 g/mol. The van der Waals surface area contributed by atoms with Crippen LogP contribution in [0.1, 0.15) is 311 Å². The first-order valence-corrected chi connectivity index (χ1v) is 37.0. The number of ether oxygens (including phenoxy) is 4. The summed E-state index contributed by atoms with van der Waals surface area (Å²) in [6, 6.07) is 0. The minimum atomic E-state index is -4.95. The van der Waals surface area contributed by atoms with E-state index in [9.17, 15) is 43.2 Å². The van der Waals surface area contributed by atoms with Crippen LogP contribution >= 0.6 is 15.6 Å². The lowest BCUT2D eigenvalue weighted by molar-refractivity contribution is -0.161. The number of rotatable bonds is 64. The highest BCUT2D eigenvalue weighted by molar-refractivity contribution is 7.47. The molecule has 0 bridgehead atoms. The summed E-state index contributed by atoms with van der Waals surface area (Å²) in [6.07, 6.45) is 46.6. The second kappa shape index (κ2) is 59.2. The topological polar surface area (TPSA) is 237 Å². The third-order valence-corrected chi connectivity index (χ3v) is 16.9. The lowest BCUT2D eigenvalue weighted by Crippen LogP contribution is -2.30. The summed E-state index contributed by atoms with van der Waals surface area (Å²) < 4.78 is 68.0. The van der Waals surface area contributed by atoms with Crippen LogP contribution in [0.4, 0.5) is 0 Å². The zero-order valence-electron chi connectivity index (χ0n) is 54.2. The molecule has 85 heavy (non-hydrogen) atoms. The molecule has 0 saturated heterocycles. The molecule has 3 unspecified atom stereocenters. The predicted molar refractivity (Wildman–Crippen MR) is 340 cm³/mol. The minimum Gasteiger partial charge on any atom is -0.462 e. The van der Waals surface area contributed by atoms with Gasteiger partial charge in [-0.05, 0) is 57.3 Å². The molecule has 0 aromatic heterocycles. The second-order valence-corrected chi connectivity index (χ2v) is 26.3. The van der Waals surface area contributed by atoms with Crippen molar-refractivity contribution in [2.75, 3.05) is 39.6 Å². The molecule has 0 radical (unpaired) electrons. The number of unbranched alkanes of at least 4 members (excludes halogenated alkanes) is 32. The largest absolute Gasteiger partial charge is 0.472 e. The molecule has 0 fully saturated rings. The van der Waals surface area contributed by atoms with Crippen LogP contribution in [-0.4, -0.2) is 96.7 Å². The number of carbonyl (C=O) groups excluding carboxylic acids is 4. The third-order valence-electron chi connectivity index (χ3n) is 15.0. The summed E-state index contributed by atoms with van der Waals surface area (Å²) >= 11 is 0. The van der Waals surface area contributed by atoms with Crippen LogP contribution in [0, 0.1) is 5.92 Å². The van der Waals surface area contributed by atoms with E-state index in [0.717, 1.165) is 109 Å². The molecule has 0 heterocycles. The van der Waals surface area contributed by atoms with Gasteiger partial charge in [-0.1, -0.05) is 258 Å². The Bertz CT molecular complexity index is 1750. The maximum atomic E-state index is 13.0. The van der Waals surface area contributed by atoms with Crippen LogP contribution < -0.4 is 0 Å². The summed E-state index contributed by atoms with van der Waals surface area (Å²) in [7, 11) is -9.90. The number of esters is 4. The van der Waals surface area contributed by atoms with E-state index in [1.165, 1.54) is 122 Å². The Hall–Kier alpha value is -2.46. The monoisotopic (exact) mass is 1250 g/mol. The molecule has 0 rings (SSSR count). The molecule has 500 valence electrons. The van der Waals surface area contributed by atoms with Gasteiger partial charge in [0.2, 0.25) is 0 Å². The molecule has 19 heteroatoms. The van der Waals surface area contributed by atoms with Gasteiger partial charge in [0.1, 0.15) is 19.3 Å². The molecule has 0 amide bonds. The average Bonchev–Trinajstić information content (AvgIpc) is 3.62. The van der Waals surface area contributed by atoms with Gasteiger partial charge in [0.05, 0.1) is 26.4 Å².